The third-order valence-electron chi connectivity index (χ3n) is 4.42. The van der Waals surface area contributed by atoms with Crippen LogP contribution in [0.3, 0.4) is 0 Å². The van der Waals surface area contributed by atoms with Crippen LogP contribution in [-0.4, -0.2) is 22.3 Å². The van der Waals surface area contributed by atoms with Crippen LogP contribution in [0.1, 0.15) is 22.5 Å². The van der Waals surface area contributed by atoms with Crippen LogP contribution in [0.4, 0.5) is 5.69 Å². The minimum Gasteiger partial charge on any atom is -0.482 e. The lowest BCUT2D eigenvalue weighted by Crippen LogP contribution is -2.21. The Morgan fingerprint density at radius 1 is 1.11 bits per heavy atom. The lowest BCUT2D eigenvalue weighted by molar-refractivity contribution is -0.118. The molecule has 2 aromatic carbocycles. The number of para-hydroxylation sites is 1. The maximum Gasteiger partial charge on any atom is 0.262 e. The number of rotatable bonds is 6. The van der Waals surface area contributed by atoms with Gasteiger partial charge < -0.3 is 10.1 Å². The van der Waals surface area contributed by atoms with Crippen LogP contribution in [0.2, 0.25) is 5.02 Å². The summed E-state index contributed by atoms with van der Waals surface area (Å²) in [5, 5.41) is 7.95. The molecule has 1 aromatic heterocycles. The summed E-state index contributed by atoms with van der Waals surface area (Å²) in [5.41, 5.74) is 4.80. The highest BCUT2D eigenvalue weighted by atomic mass is 35.5. The number of benzene rings is 2. The van der Waals surface area contributed by atoms with Gasteiger partial charge in [-0.2, -0.15) is 5.10 Å². The predicted octanol–water partition coefficient (Wildman–Crippen LogP) is 4.53. The van der Waals surface area contributed by atoms with Crippen LogP contribution in [0.5, 0.6) is 5.75 Å². The van der Waals surface area contributed by atoms with Gasteiger partial charge in [0.2, 0.25) is 0 Å². The van der Waals surface area contributed by atoms with E-state index in [-0.39, 0.29) is 12.5 Å². The fourth-order valence-corrected chi connectivity index (χ4v) is 3.05. The Balaban J connectivity index is 1.68. The lowest BCUT2D eigenvalue weighted by atomic mass is 10.1. The average Bonchev–Trinajstić information content (AvgIpc) is 2.90. The van der Waals surface area contributed by atoms with Crippen molar-refractivity contribution in [3.05, 3.63) is 76.1 Å². The maximum atomic E-state index is 12.3. The van der Waals surface area contributed by atoms with Crippen molar-refractivity contribution >= 4 is 23.2 Å². The molecule has 0 bridgehead atoms. The summed E-state index contributed by atoms with van der Waals surface area (Å²) in [6.07, 6.45) is 0. The molecular formula is C21H22ClN3O2. The van der Waals surface area contributed by atoms with Crippen LogP contribution in [0.15, 0.2) is 48.5 Å². The molecule has 3 aromatic rings. The molecule has 1 N–H and O–H groups in total. The molecule has 5 nitrogen and oxygen atoms in total. The zero-order chi connectivity index (χ0) is 19.4. The minimum absolute atomic E-state index is 0.119. The molecule has 0 fully saturated rings. The van der Waals surface area contributed by atoms with E-state index in [0.717, 1.165) is 17.1 Å². The van der Waals surface area contributed by atoms with Gasteiger partial charge in [0.15, 0.2) is 6.61 Å². The second-order valence-corrected chi connectivity index (χ2v) is 6.80. The Morgan fingerprint density at radius 3 is 2.56 bits per heavy atom. The maximum absolute atomic E-state index is 12.3. The number of ether oxygens (including phenoxy) is 1. The molecule has 0 spiro atoms. The summed E-state index contributed by atoms with van der Waals surface area (Å²) in [6.45, 7) is 6.45. The summed E-state index contributed by atoms with van der Waals surface area (Å²) >= 11 is 6.04. The van der Waals surface area contributed by atoms with Gasteiger partial charge in [0, 0.05) is 0 Å². The number of nitrogens with one attached hydrogen (secondary N) is 1. The molecule has 0 saturated carbocycles. The molecule has 0 unspecified atom stereocenters. The molecule has 0 aliphatic rings. The summed E-state index contributed by atoms with van der Waals surface area (Å²) in [4.78, 5) is 12.3. The van der Waals surface area contributed by atoms with E-state index in [1.165, 1.54) is 11.1 Å². The Morgan fingerprint density at radius 2 is 1.81 bits per heavy atom. The third kappa shape index (κ3) is 4.49. The average molecular weight is 384 g/mol. The van der Waals surface area contributed by atoms with Crippen molar-refractivity contribution in [2.75, 3.05) is 11.9 Å². The standard InChI is InChI=1S/C21H22ClN3O2/c1-14-8-4-5-9-17(14)12-25-16(3)21(15(2)24-25)23-20(26)13-27-19-11-7-6-10-18(19)22/h4-11H,12-13H2,1-3H3,(H,23,26). The first-order valence-electron chi connectivity index (χ1n) is 8.71. The zero-order valence-corrected chi connectivity index (χ0v) is 16.4. The lowest BCUT2D eigenvalue weighted by Gasteiger charge is -2.10. The van der Waals surface area contributed by atoms with Crippen molar-refractivity contribution in [3.63, 3.8) is 0 Å². The van der Waals surface area contributed by atoms with E-state index in [9.17, 15) is 4.79 Å². The van der Waals surface area contributed by atoms with Gasteiger partial charge in [0.05, 0.1) is 28.6 Å². The summed E-state index contributed by atoms with van der Waals surface area (Å²) in [5.74, 6) is 0.231. The van der Waals surface area contributed by atoms with Gasteiger partial charge in [0.1, 0.15) is 5.75 Å². The molecule has 3 rings (SSSR count). The molecule has 0 saturated heterocycles. The fourth-order valence-electron chi connectivity index (χ4n) is 2.86. The molecular weight excluding hydrogens is 362 g/mol. The van der Waals surface area contributed by atoms with Gasteiger partial charge in [-0.1, -0.05) is 48.0 Å². The predicted molar refractivity (Wildman–Crippen MR) is 108 cm³/mol. The number of anilines is 1. The van der Waals surface area contributed by atoms with E-state index in [1.54, 1.807) is 12.1 Å². The summed E-state index contributed by atoms with van der Waals surface area (Å²) < 4.78 is 7.40. The van der Waals surface area contributed by atoms with E-state index in [1.807, 2.05) is 42.8 Å². The second-order valence-electron chi connectivity index (χ2n) is 6.40. The first-order chi connectivity index (χ1) is 13.0. The Hall–Kier alpha value is -2.79. The van der Waals surface area contributed by atoms with Crippen molar-refractivity contribution < 1.29 is 9.53 Å². The van der Waals surface area contributed by atoms with Crippen LogP contribution < -0.4 is 10.1 Å². The number of nitrogens with zero attached hydrogens (tertiary/aromatic N) is 2. The van der Waals surface area contributed by atoms with E-state index >= 15 is 0 Å². The number of aromatic nitrogens is 2. The number of amides is 1. The van der Waals surface area contributed by atoms with Crippen LogP contribution >= 0.6 is 11.6 Å². The molecule has 6 heteroatoms. The summed E-state index contributed by atoms with van der Waals surface area (Å²) in [6, 6.07) is 15.3. The normalized spacial score (nSPS) is 10.7. The molecule has 0 atom stereocenters. The smallest absolute Gasteiger partial charge is 0.262 e. The highest BCUT2D eigenvalue weighted by molar-refractivity contribution is 6.32. The topological polar surface area (TPSA) is 56.2 Å². The fraction of sp³-hybridized carbons (Fsp3) is 0.238. The van der Waals surface area contributed by atoms with Gasteiger partial charge >= 0.3 is 0 Å². The molecule has 27 heavy (non-hydrogen) atoms. The SMILES string of the molecule is Cc1ccccc1Cn1nc(C)c(NC(=O)COc2ccccc2Cl)c1C. The van der Waals surface area contributed by atoms with Gasteiger partial charge in [-0.25, -0.2) is 0 Å². The van der Waals surface area contributed by atoms with E-state index < -0.39 is 0 Å². The second kappa shape index (κ2) is 8.27. The van der Waals surface area contributed by atoms with Gasteiger partial charge in [0.25, 0.3) is 5.91 Å². The highest BCUT2D eigenvalue weighted by Crippen LogP contribution is 2.24. The van der Waals surface area contributed by atoms with E-state index in [4.69, 9.17) is 16.3 Å². The Kier molecular flexibility index (Phi) is 5.81. The van der Waals surface area contributed by atoms with Crippen molar-refractivity contribution in [1.29, 1.82) is 0 Å². The van der Waals surface area contributed by atoms with Crippen molar-refractivity contribution in [2.24, 2.45) is 0 Å². The van der Waals surface area contributed by atoms with Gasteiger partial charge in [-0.05, 0) is 44.0 Å². The summed E-state index contributed by atoms with van der Waals surface area (Å²) in [7, 11) is 0. The minimum atomic E-state index is -0.253. The largest absolute Gasteiger partial charge is 0.482 e. The first-order valence-corrected chi connectivity index (χ1v) is 9.09. The van der Waals surface area contributed by atoms with Crippen molar-refractivity contribution in [2.45, 2.75) is 27.3 Å². The van der Waals surface area contributed by atoms with Crippen LogP contribution in [-0.2, 0) is 11.3 Å². The molecule has 1 amide bonds. The molecule has 140 valence electrons. The number of aryl methyl sites for hydroxylation is 2. The first kappa shape index (κ1) is 19.0. The third-order valence-corrected chi connectivity index (χ3v) is 4.73. The quantitative estimate of drug-likeness (QED) is 0.680. The van der Waals surface area contributed by atoms with E-state index in [0.29, 0.717) is 17.3 Å². The van der Waals surface area contributed by atoms with Gasteiger partial charge in [-0.15, -0.1) is 0 Å². The van der Waals surface area contributed by atoms with E-state index in [2.05, 4.69) is 29.5 Å². The molecule has 0 aliphatic heterocycles. The number of hydrogen-bond acceptors (Lipinski definition) is 3. The van der Waals surface area contributed by atoms with Crippen molar-refractivity contribution in [1.82, 2.24) is 9.78 Å². The number of carbonyl (C=O) groups excluding carboxylic acids is 1. The number of carbonyl (C=O) groups is 1. The molecule has 0 aliphatic carbocycles. The van der Waals surface area contributed by atoms with Crippen molar-refractivity contribution in [3.8, 4) is 5.75 Å². The number of halogens is 1. The number of hydrogen-bond donors (Lipinski definition) is 1. The van der Waals surface area contributed by atoms with Crippen LogP contribution in [0.25, 0.3) is 0 Å². The molecule has 1 heterocycles. The monoisotopic (exact) mass is 383 g/mol. The zero-order valence-electron chi connectivity index (χ0n) is 15.6. The van der Waals surface area contributed by atoms with Gasteiger partial charge in [-0.3, -0.25) is 9.48 Å². The Labute approximate surface area is 163 Å². The van der Waals surface area contributed by atoms with Crippen LogP contribution in [0, 0.1) is 20.8 Å². The Bertz CT molecular complexity index is 966. The molecule has 0 radical (unpaired) electrons. The highest BCUT2D eigenvalue weighted by Gasteiger charge is 2.15.